The van der Waals surface area contributed by atoms with E-state index >= 15 is 0 Å². The summed E-state index contributed by atoms with van der Waals surface area (Å²) in [6.07, 6.45) is 5.59. The minimum Gasteiger partial charge on any atom is -0.365 e. The van der Waals surface area contributed by atoms with Crippen LogP contribution in [0.4, 0.5) is 10.2 Å². The Bertz CT molecular complexity index is 1600. The predicted octanol–water partition coefficient (Wildman–Crippen LogP) is 7.25. The first-order valence-corrected chi connectivity index (χ1v) is 13.5. The summed E-state index contributed by atoms with van der Waals surface area (Å²) in [7, 11) is 0. The fourth-order valence-corrected chi connectivity index (χ4v) is 4.91. The summed E-state index contributed by atoms with van der Waals surface area (Å²) >= 11 is 0. The number of hydrogen-bond acceptors (Lipinski definition) is 6. The summed E-state index contributed by atoms with van der Waals surface area (Å²) in [5.74, 6) is -0.121. The molecule has 0 saturated carbocycles. The van der Waals surface area contributed by atoms with Crippen LogP contribution in [-0.4, -0.2) is 21.5 Å². The quantitative estimate of drug-likeness (QED) is 0.218. The van der Waals surface area contributed by atoms with Crippen LogP contribution >= 0.6 is 0 Å². The number of benzene rings is 2. The zero-order valence-corrected chi connectivity index (χ0v) is 22.6. The number of fused-ring (bicyclic) bond motifs is 1. The molecule has 1 N–H and O–H groups in total. The number of pyridine rings is 2. The van der Waals surface area contributed by atoms with Gasteiger partial charge in [-0.2, -0.15) is 5.26 Å². The van der Waals surface area contributed by atoms with Gasteiger partial charge in [-0.25, -0.2) is 9.37 Å². The van der Waals surface area contributed by atoms with Gasteiger partial charge in [0.1, 0.15) is 17.7 Å². The molecule has 200 valence electrons. The van der Waals surface area contributed by atoms with Crippen molar-refractivity contribution in [2.75, 3.05) is 5.32 Å². The minimum absolute atomic E-state index is 0.114. The summed E-state index contributed by atoms with van der Waals surface area (Å²) in [6, 6.07) is 20.2. The molecule has 4 aromatic rings. The van der Waals surface area contributed by atoms with E-state index in [0.29, 0.717) is 30.0 Å². The van der Waals surface area contributed by atoms with Gasteiger partial charge < -0.3 is 5.32 Å². The van der Waals surface area contributed by atoms with E-state index in [1.807, 2.05) is 25.3 Å². The molecule has 2 aromatic carbocycles. The van der Waals surface area contributed by atoms with Crippen molar-refractivity contribution in [3.05, 3.63) is 112 Å². The third-order valence-electron chi connectivity index (χ3n) is 7.18. The Kier molecular flexibility index (Phi) is 8.07. The second kappa shape index (κ2) is 12.0. The largest absolute Gasteiger partial charge is 0.365 e. The van der Waals surface area contributed by atoms with Gasteiger partial charge in [0.25, 0.3) is 0 Å². The molecular formula is C33H30FN5O. The molecule has 0 aliphatic carbocycles. The highest BCUT2D eigenvalue weighted by atomic mass is 19.1. The molecule has 40 heavy (non-hydrogen) atoms. The number of aromatic nitrogens is 2. The molecule has 6 nitrogen and oxygen atoms in total. The normalized spacial score (nSPS) is 12.8. The number of aliphatic imine (C=N–C) groups is 1. The van der Waals surface area contributed by atoms with E-state index in [2.05, 4.69) is 51.5 Å². The van der Waals surface area contributed by atoms with Gasteiger partial charge in [-0.3, -0.25) is 14.8 Å². The number of rotatable bonds is 10. The number of ketones is 1. The van der Waals surface area contributed by atoms with Gasteiger partial charge in [0.15, 0.2) is 5.78 Å². The second-order valence-corrected chi connectivity index (χ2v) is 10.1. The molecule has 0 saturated heterocycles. The van der Waals surface area contributed by atoms with Crippen molar-refractivity contribution in [3.63, 3.8) is 0 Å². The minimum atomic E-state index is -0.313. The number of carbonyl (C=O) groups is 1. The molecule has 5 rings (SSSR count). The first-order chi connectivity index (χ1) is 19.4. The van der Waals surface area contributed by atoms with E-state index < -0.39 is 0 Å². The van der Waals surface area contributed by atoms with Crippen LogP contribution in [0.1, 0.15) is 77.3 Å². The highest BCUT2D eigenvalue weighted by Gasteiger charge is 2.19. The molecule has 1 aliphatic rings. The standard InChI is InChI=1S/C33H30FN5O/c1-3-4-30-28-15-26(19-36-31(28)20-37-30)25-7-5-22(6-8-25)17-38-33-29(14-23(16-35)18-39-33)32(40)13-21(2)24-9-11-27(34)12-10-24/h5-12,14-15,18-19,21H,3-4,13,17,20H2,1-2H3,(H,38,39)/t21-/m1/s1. The molecular weight excluding hydrogens is 501 g/mol. The summed E-state index contributed by atoms with van der Waals surface area (Å²) in [5, 5.41) is 12.6. The number of nitriles is 1. The number of hydrogen-bond donors (Lipinski definition) is 1. The van der Waals surface area contributed by atoms with Crippen LogP contribution in [0.15, 0.2) is 78.0 Å². The van der Waals surface area contributed by atoms with E-state index in [9.17, 15) is 14.4 Å². The Labute approximate surface area is 233 Å². The van der Waals surface area contributed by atoms with Gasteiger partial charge in [-0.05, 0) is 53.3 Å². The molecule has 0 bridgehead atoms. The van der Waals surface area contributed by atoms with E-state index in [1.54, 1.807) is 18.2 Å². The van der Waals surface area contributed by atoms with Gasteiger partial charge in [0, 0.05) is 42.2 Å². The zero-order chi connectivity index (χ0) is 28.1. The van der Waals surface area contributed by atoms with Crippen LogP contribution in [0.2, 0.25) is 0 Å². The maximum atomic E-state index is 13.3. The van der Waals surface area contributed by atoms with Crippen molar-refractivity contribution < 1.29 is 9.18 Å². The van der Waals surface area contributed by atoms with E-state index in [0.717, 1.165) is 52.1 Å². The Morgan fingerprint density at radius 1 is 1.05 bits per heavy atom. The number of nitrogens with one attached hydrogen (secondary N) is 1. The molecule has 1 aliphatic heterocycles. The summed E-state index contributed by atoms with van der Waals surface area (Å²) < 4.78 is 13.3. The van der Waals surface area contributed by atoms with Crippen molar-refractivity contribution in [1.29, 1.82) is 5.26 Å². The Hall–Kier alpha value is -4.70. The molecule has 2 aromatic heterocycles. The molecule has 3 heterocycles. The lowest BCUT2D eigenvalue weighted by atomic mass is 9.93. The number of halogens is 1. The summed E-state index contributed by atoms with van der Waals surface area (Å²) in [5.41, 5.74) is 8.06. The van der Waals surface area contributed by atoms with Crippen LogP contribution in [-0.2, 0) is 13.1 Å². The lowest BCUT2D eigenvalue weighted by molar-refractivity contribution is 0.0976. The monoisotopic (exact) mass is 531 g/mol. The molecule has 0 unspecified atom stereocenters. The van der Waals surface area contributed by atoms with Crippen molar-refractivity contribution in [1.82, 2.24) is 9.97 Å². The predicted molar refractivity (Wildman–Crippen MR) is 155 cm³/mol. The fourth-order valence-electron chi connectivity index (χ4n) is 4.91. The number of nitrogens with zero attached hydrogens (tertiary/aromatic N) is 4. The number of anilines is 1. The SMILES string of the molecule is CCCC1=NCc2ncc(-c3ccc(CNc4ncc(C#N)cc4C(=O)C[C@@H](C)c4ccc(F)cc4)cc3)cc21. The van der Waals surface area contributed by atoms with Gasteiger partial charge in [0.2, 0.25) is 0 Å². The molecule has 0 amide bonds. The molecule has 0 fully saturated rings. The van der Waals surface area contributed by atoms with Crippen LogP contribution in [0.5, 0.6) is 0 Å². The number of Topliss-reactive ketones (excluding diaryl/α,β-unsaturated/α-hetero) is 1. The van der Waals surface area contributed by atoms with Gasteiger partial charge in [-0.15, -0.1) is 0 Å². The topological polar surface area (TPSA) is 91.0 Å². The highest BCUT2D eigenvalue weighted by molar-refractivity contribution is 6.04. The molecule has 1 atom stereocenters. The third kappa shape index (κ3) is 5.97. The van der Waals surface area contributed by atoms with Crippen LogP contribution in [0.25, 0.3) is 11.1 Å². The molecule has 0 spiro atoms. The first-order valence-electron chi connectivity index (χ1n) is 13.5. The maximum Gasteiger partial charge on any atom is 0.167 e. The van der Waals surface area contributed by atoms with Crippen molar-refractivity contribution in [2.24, 2.45) is 4.99 Å². The first kappa shape index (κ1) is 26.9. The smallest absolute Gasteiger partial charge is 0.167 e. The van der Waals surface area contributed by atoms with Crippen molar-refractivity contribution >= 4 is 17.3 Å². The van der Waals surface area contributed by atoms with E-state index in [4.69, 9.17) is 0 Å². The average molecular weight is 532 g/mol. The van der Waals surface area contributed by atoms with Crippen molar-refractivity contribution in [2.45, 2.75) is 52.1 Å². The molecule has 0 radical (unpaired) electrons. The fraction of sp³-hybridized carbons (Fsp3) is 0.242. The lowest BCUT2D eigenvalue weighted by Gasteiger charge is -2.14. The van der Waals surface area contributed by atoms with Crippen molar-refractivity contribution in [3.8, 4) is 17.2 Å². The van der Waals surface area contributed by atoms with Crippen LogP contribution in [0, 0.1) is 17.1 Å². The molecule has 7 heteroatoms. The van der Waals surface area contributed by atoms with Crippen LogP contribution in [0.3, 0.4) is 0 Å². The Morgan fingerprint density at radius 3 is 2.55 bits per heavy atom. The van der Waals surface area contributed by atoms with Gasteiger partial charge >= 0.3 is 0 Å². The summed E-state index contributed by atoms with van der Waals surface area (Å²) in [6.45, 7) is 5.21. The van der Waals surface area contributed by atoms with Gasteiger partial charge in [0.05, 0.1) is 23.4 Å². The highest BCUT2D eigenvalue weighted by Crippen LogP contribution is 2.28. The van der Waals surface area contributed by atoms with E-state index in [1.165, 1.54) is 18.3 Å². The zero-order valence-electron chi connectivity index (χ0n) is 22.6. The van der Waals surface area contributed by atoms with E-state index in [-0.39, 0.29) is 23.9 Å². The summed E-state index contributed by atoms with van der Waals surface area (Å²) in [4.78, 5) is 26.9. The third-order valence-corrected chi connectivity index (χ3v) is 7.18. The second-order valence-electron chi connectivity index (χ2n) is 10.1. The Morgan fingerprint density at radius 2 is 1.82 bits per heavy atom. The average Bonchev–Trinajstić information content (AvgIpc) is 3.38. The lowest BCUT2D eigenvalue weighted by Crippen LogP contribution is -2.11. The van der Waals surface area contributed by atoms with Crippen LogP contribution < -0.4 is 5.32 Å². The number of carbonyl (C=O) groups excluding carboxylic acids is 1. The maximum absolute atomic E-state index is 13.3. The Balaban J connectivity index is 1.29. The van der Waals surface area contributed by atoms with Gasteiger partial charge in [-0.1, -0.05) is 56.7 Å².